The average molecular weight is 408 g/mol. The van der Waals surface area contributed by atoms with Gasteiger partial charge in [0, 0.05) is 13.5 Å². The van der Waals surface area contributed by atoms with E-state index in [1.54, 1.807) is 6.92 Å². The van der Waals surface area contributed by atoms with Crippen molar-refractivity contribution in [3.05, 3.63) is 77.9 Å². The molecule has 0 saturated heterocycles. The molecule has 0 radical (unpaired) electrons. The van der Waals surface area contributed by atoms with Gasteiger partial charge in [0.25, 0.3) is 0 Å². The van der Waals surface area contributed by atoms with Gasteiger partial charge in [-0.3, -0.25) is 4.79 Å². The SMILES string of the molecule is CC(=O)N1CC(c2ccccc2)=CC1(CO[Si](C)(C)C(C)(C)C)c1ccccc1. The lowest BCUT2D eigenvalue weighted by molar-refractivity contribution is -0.133. The first kappa shape index (κ1) is 21.5. The molecule has 3 nitrogen and oxygen atoms in total. The molecule has 1 aliphatic heterocycles. The molecule has 2 aromatic carbocycles. The van der Waals surface area contributed by atoms with Crippen LogP contribution in [0.2, 0.25) is 18.1 Å². The van der Waals surface area contributed by atoms with Crippen LogP contribution in [0.25, 0.3) is 5.57 Å². The Labute approximate surface area is 176 Å². The van der Waals surface area contributed by atoms with Gasteiger partial charge in [0.1, 0.15) is 5.54 Å². The van der Waals surface area contributed by atoms with E-state index < -0.39 is 13.9 Å². The van der Waals surface area contributed by atoms with Crippen molar-refractivity contribution in [1.82, 2.24) is 4.90 Å². The smallest absolute Gasteiger partial charge is 0.220 e. The third kappa shape index (κ3) is 4.24. The molecule has 29 heavy (non-hydrogen) atoms. The van der Waals surface area contributed by atoms with Crippen LogP contribution in [-0.4, -0.2) is 32.3 Å². The first-order valence-corrected chi connectivity index (χ1v) is 13.2. The van der Waals surface area contributed by atoms with Crippen molar-refractivity contribution in [2.24, 2.45) is 0 Å². The second-order valence-electron chi connectivity index (χ2n) is 9.48. The summed E-state index contributed by atoms with van der Waals surface area (Å²) in [6.07, 6.45) is 2.26. The Morgan fingerprint density at radius 2 is 1.59 bits per heavy atom. The van der Waals surface area contributed by atoms with Gasteiger partial charge in [-0.05, 0) is 40.9 Å². The fourth-order valence-electron chi connectivity index (χ4n) is 3.62. The number of benzene rings is 2. The van der Waals surface area contributed by atoms with Crippen LogP contribution in [-0.2, 0) is 14.8 Å². The molecular weight excluding hydrogens is 374 g/mol. The van der Waals surface area contributed by atoms with Gasteiger partial charge in [-0.25, -0.2) is 0 Å². The Morgan fingerprint density at radius 3 is 2.10 bits per heavy atom. The molecule has 0 aliphatic carbocycles. The van der Waals surface area contributed by atoms with Crippen LogP contribution in [0.1, 0.15) is 38.8 Å². The molecular formula is C25H33NO2Si. The van der Waals surface area contributed by atoms with Crippen molar-refractivity contribution < 1.29 is 9.22 Å². The molecule has 1 unspecified atom stereocenters. The maximum absolute atomic E-state index is 12.8. The molecule has 1 aliphatic rings. The Hall–Kier alpha value is -2.17. The van der Waals surface area contributed by atoms with E-state index in [4.69, 9.17) is 4.43 Å². The van der Waals surface area contributed by atoms with E-state index in [2.05, 4.69) is 64.2 Å². The van der Waals surface area contributed by atoms with Gasteiger partial charge in [0.05, 0.1) is 6.61 Å². The fraction of sp³-hybridized carbons (Fsp3) is 0.400. The van der Waals surface area contributed by atoms with Crippen LogP contribution >= 0.6 is 0 Å². The van der Waals surface area contributed by atoms with Crippen molar-refractivity contribution in [3.8, 4) is 0 Å². The topological polar surface area (TPSA) is 29.5 Å². The zero-order valence-electron chi connectivity index (χ0n) is 18.5. The third-order valence-electron chi connectivity index (χ3n) is 6.48. The largest absolute Gasteiger partial charge is 0.414 e. The zero-order valence-corrected chi connectivity index (χ0v) is 19.5. The van der Waals surface area contributed by atoms with Crippen LogP contribution in [0.4, 0.5) is 0 Å². The third-order valence-corrected chi connectivity index (χ3v) is 11.0. The molecule has 0 spiro atoms. The Kier molecular flexibility index (Phi) is 5.88. The number of hydrogen-bond acceptors (Lipinski definition) is 2. The highest BCUT2D eigenvalue weighted by Crippen LogP contribution is 2.43. The molecule has 1 heterocycles. The van der Waals surface area contributed by atoms with Gasteiger partial charge in [0.15, 0.2) is 8.32 Å². The zero-order chi connectivity index (χ0) is 21.3. The van der Waals surface area contributed by atoms with E-state index in [1.165, 1.54) is 5.57 Å². The summed E-state index contributed by atoms with van der Waals surface area (Å²) in [5.74, 6) is 0.0647. The Balaban J connectivity index is 2.10. The van der Waals surface area contributed by atoms with Gasteiger partial charge in [-0.2, -0.15) is 0 Å². The second-order valence-corrected chi connectivity index (χ2v) is 14.3. The molecule has 154 valence electrons. The van der Waals surface area contributed by atoms with Crippen molar-refractivity contribution in [3.63, 3.8) is 0 Å². The summed E-state index contributed by atoms with van der Waals surface area (Å²) in [6, 6.07) is 20.6. The van der Waals surface area contributed by atoms with Gasteiger partial charge in [-0.15, -0.1) is 0 Å². The minimum absolute atomic E-state index is 0.0647. The molecule has 0 fully saturated rings. The van der Waals surface area contributed by atoms with Gasteiger partial charge < -0.3 is 9.33 Å². The molecule has 0 N–H and O–H groups in total. The van der Waals surface area contributed by atoms with Crippen molar-refractivity contribution >= 4 is 19.8 Å². The van der Waals surface area contributed by atoms with Crippen LogP contribution in [0, 0.1) is 0 Å². The highest BCUT2D eigenvalue weighted by atomic mass is 28.4. The summed E-state index contributed by atoms with van der Waals surface area (Å²) in [5.41, 5.74) is 2.83. The predicted molar refractivity (Wildman–Crippen MR) is 123 cm³/mol. The quantitative estimate of drug-likeness (QED) is 0.582. The van der Waals surface area contributed by atoms with Gasteiger partial charge in [-0.1, -0.05) is 81.4 Å². The van der Waals surface area contributed by atoms with E-state index in [-0.39, 0.29) is 10.9 Å². The van der Waals surface area contributed by atoms with Gasteiger partial charge in [0.2, 0.25) is 5.91 Å². The minimum Gasteiger partial charge on any atom is -0.414 e. The summed E-state index contributed by atoms with van der Waals surface area (Å²) < 4.78 is 6.70. The van der Waals surface area contributed by atoms with E-state index in [9.17, 15) is 4.79 Å². The number of carbonyl (C=O) groups is 1. The number of carbonyl (C=O) groups excluding carboxylic acids is 1. The number of amides is 1. The van der Waals surface area contributed by atoms with E-state index in [1.807, 2.05) is 41.3 Å². The van der Waals surface area contributed by atoms with Crippen LogP contribution < -0.4 is 0 Å². The fourth-order valence-corrected chi connectivity index (χ4v) is 4.63. The van der Waals surface area contributed by atoms with E-state index in [0.29, 0.717) is 13.2 Å². The van der Waals surface area contributed by atoms with E-state index in [0.717, 1.165) is 11.1 Å². The van der Waals surface area contributed by atoms with Crippen molar-refractivity contribution in [2.45, 2.75) is 51.4 Å². The summed E-state index contributed by atoms with van der Waals surface area (Å²) in [5, 5.41) is 0.108. The first-order valence-electron chi connectivity index (χ1n) is 10.3. The lowest BCUT2D eigenvalue weighted by Gasteiger charge is -2.43. The minimum atomic E-state index is -1.99. The number of hydrogen-bond donors (Lipinski definition) is 0. The maximum Gasteiger partial charge on any atom is 0.220 e. The molecule has 4 heteroatoms. The summed E-state index contributed by atoms with van der Waals surface area (Å²) in [6.45, 7) is 14.0. The van der Waals surface area contributed by atoms with Gasteiger partial charge >= 0.3 is 0 Å². The van der Waals surface area contributed by atoms with E-state index >= 15 is 0 Å². The maximum atomic E-state index is 12.8. The molecule has 1 atom stereocenters. The molecule has 0 aromatic heterocycles. The summed E-state index contributed by atoms with van der Waals surface area (Å²) in [7, 11) is -1.99. The average Bonchev–Trinajstić information content (AvgIpc) is 3.08. The summed E-state index contributed by atoms with van der Waals surface area (Å²) in [4.78, 5) is 14.8. The predicted octanol–water partition coefficient (Wildman–Crippen LogP) is 5.85. The van der Waals surface area contributed by atoms with Crippen LogP contribution in [0.5, 0.6) is 0 Å². The number of rotatable bonds is 5. The molecule has 0 bridgehead atoms. The lowest BCUT2D eigenvalue weighted by Crippen LogP contribution is -2.51. The summed E-state index contributed by atoms with van der Waals surface area (Å²) >= 11 is 0. The standard InChI is InChI=1S/C25H33NO2Si/c1-20(27)26-18-22(21-13-9-7-10-14-21)17-25(26,23-15-11-8-12-16-23)19-28-29(5,6)24(2,3)4/h7-17H,18-19H2,1-6H3. The Bertz CT molecular complexity index is 884. The Morgan fingerprint density at radius 1 is 1.03 bits per heavy atom. The first-order chi connectivity index (χ1) is 13.6. The van der Waals surface area contributed by atoms with Crippen molar-refractivity contribution in [1.29, 1.82) is 0 Å². The van der Waals surface area contributed by atoms with Crippen molar-refractivity contribution in [2.75, 3.05) is 13.2 Å². The molecule has 3 rings (SSSR count). The highest BCUT2D eigenvalue weighted by Gasteiger charge is 2.46. The molecule has 0 saturated carbocycles. The second kappa shape index (κ2) is 7.92. The molecule has 2 aromatic rings. The molecule has 1 amide bonds. The monoisotopic (exact) mass is 407 g/mol. The van der Waals surface area contributed by atoms with Crippen LogP contribution in [0.15, 0.2) is 66.7 Å². The highest BCUT2D eigenvalue weighted by molar-refractivity contribution is 6.74. The lowest BCUT2D eigenvalue weighted by atomic mass is 9.89. The normalized spacial score (nSPS) is 19.9. The van der Waals surface area contributed by atoms with Crippen LogP contribution in [0.3, 0.4) is 0 Å². The number of nitrogens with zero attached hydrogens (tertiary/aromatic N) is 1.